The Bertz CT molecular complexity index is 642. The van der Waals surface area contributed by atoms with Crippen LogP contribution in [-0.2, 0) is 0 Å². The molecule has 2 aromatic rings. The van der Waals surface area contributed by atoms with Gasteiger partial charge in [0.2, 0.25) is 5.75 Å². The van der Waals surface area contributed by atoms with Gasteiger partial charge in [0.25, 0.3) is 11.5 Å². The maximum Gasteiger partial charge on any atom is 0.294 e. The molecule has 0 atom stereocenters. The van der Waals surface area contributed by atoms with E-state index in [-0.39, 0.29) is 5.82 Å². The Morgan fingerprint density at radius 2 is 2.18 bits per heavy atom. The first-order valence-electron chi connectivity index (χ1n) is 4.64. The van der Waals surface area contributed by atoms with Gasteiger partial charge in [-0.3, -0.25) is 9.59 Å². The van der Waals surface area contributed by atoms with Crippen LogP contribution < -0.4 is 11.3 Å². The molecular formula is C9H9N5O3. The average Bonchev–Trinajstić information content (AvgIpc) is 2.68. The summed E-state index contributed by atoms with van der Waals surface area (Å²) >= 11 is 0. The number of hydrogen-bond acceptors (Lipinski definition) is 5. The number of nitrogens with two attached hydrogens (primary N) is 1. The number of amides is 1. The zero-order chi connectivity index (χ0) is 12.6. The lowest BCUT2D eigenvalue weighted by atomic mass is 10.3. The Balaban J connectivity index is 2.65. The molecule has 5 N–H and O–H groups in total. The average molecular weight is 235 g/mol. The van der Waals surface area contributed by atoms with Crippen molar-refractivity contribution in [3.8, 4) is 17.3 Å². The predicted molar refractivity (Wildman–Crippen MR) is 57.4 cm³/mol. The molecule has 88 valence electrons. The maximum atomic E-state index is 11.4. The van der Waals surface area contributed by atoms with E-state index in [9.17, 15) is 14.7 Å². The van der Waals surface area contributed by atoms with Crippen LogP contribution in [0.3, 0.4) is 0 Å². The third-order valence-electron chi connectivity index (χ3n) is 2.09. The summed E-state index contributed by atoms with van der Waals surface area (Å²) in [5.41, 5.74) is 4.10. The fourth-order valence-electron chi connectivity index (χ4n) is 1.31. The number of aryl methyl sites for hydroxylation is 1. The zero-order valence-electron chi connectivity index (χ0n) is 8.81. The van der Waals surface area contributed by atoms with E-state index in [1.165, 1.54) is 6.20 Å². The van der Waals surface area contributed by atoms with Gasteiger partial charge in [0.1, 0.15) is 11.5 Å². The SMILES string of the molecule is Cc1ncc(-c2nc(C(N)=O)c(O)c(=O)[nH]2)[nH]1. The Labute approximate surface area is 94.5 Å². The lowest BCUT2D eigenvalue weighted by Gasteiger charge is -2.01. The van der Waals surface area contributed by atoms with Crippen LogP contribution in [0.15, 0.2) is 11.0 Å². The summed E-state index contributed by atoms with van der Waals surface area (Å²) in [7, 11) is 0. The van der Waals surface area contributed by atoms with Gasteiger partial charge in [-0.05, 0) is 6.92 Å². The summed E-state index contributed by atoms with van der Waals surface area (Å²) in [5.74, 6) is -1.07. The largest absolute Gasteiger partial charge is 0.501 e. The number of carbonyl (C=O) groups is 1. The van der Waals surface area contributed by atoms with Gasteiger partial charge in [-0.15, -0.1) is 0 Å². The number of aromatic hydroxyl groups is 1. The van der Waals surface area contributed by atoms with Crippen LogP contribution in [0.4, 0.5) is 0 Å². The van der Waals surface area contributed by atoms with E-state index in [0.717, 1.165) is 0 Å². The fourth-order valence-corrected chi connectivity index (χ4v) is 1.31. The van der Waals surface area contributed by atoms with Crippen molar-refractivity contribution < 1.29 is 9.90 Å². The fraction of sp³-hybridized carbons (Fsp3) is 0.111. The van der Waals surface area contributed by atoms with E-state index in [1.54, 1.807) is 6.92 Å². The van der Waals surface area contributed by atoms with Crippen LogP contribution in [0, 0.1) is 6.92 Å². The lowest BCUT2D eigenvalue weighted by molar-refractivity contribution is 0.0992. The molecule has 1 amide bonds. The smallest absolute Gasteiger partial charge is 0.294 e. The number of H-pyrrole nitrogens is 2. The lowest BCUT2D eigenvalue weighted by Crippen LogP contribution is -2.20. The highest BCUT2D eigenvalue weighted by Gasteiger charge is 2.16. The van der Waals surface area contributed by atoms with E-state index in [0.29, 0.717) is 11.5 Å². The Hall–Kier alpha value is -2.64. The van der Waals surface area contributed by atoms with Crippen molar-refractivity contribution >= 4 is 5.91 Å². The quantitative estimate of drug-likeness (QED) is 0.543. The van der Waals surface area contributed by atoms with Crippen molar-refractivity contribution in [2.45, 2.75) is 6.92 Å². The van der Waals surface area contributed by atoms with Crippen molar-refractivity contribution in [1.82, 2.24) is 19.9 Å². The Morgan fingerprint density at radius 1 is 1.47 bits per heavy atom. The highest BCUT2D eigenvalue weighted by molar-refractivity contribution is 5.93. The molecule has 0 saturated carbocycles. The molecule has 17 heavy (non-hydrogen) atoms. The second kappa shape index (κ2) is 3.74. The van der Waals surface area contributed by atoms with E-state index >= 15 is 0 Å². The summed E-state index contributed by atoms with van der Waals surface area (Å²) in [6, 6.07) is 0. The molecule has 2 heterocycles. The first-order valence-corrected chi connectivity index (χ1v) is 4.64. The number of aromatic nitrogens is 4. The number of carbonyl (C=O) groups excluding carboxylic acids is 1. The Kier molecular flexibility index (Phi) is 2.39. The first kappa shape index (κ1) is 10.9. The van der Waals surface area contributed by atoms with Crippen LogP contribution in [0.2, 0.25) is 0 Å². The Morgan fingerprint density at radius 3 is 2.71 bits per heavy atom. The zero-order valence-corrected chi connectivity index (χ0v) is 8.81. The molecule has 8 heteroatoms. The molecule has 0 saturated heterocycles. The summed E-state index contributed by atoms with van der Waals surface area (Å²) in [6.45, 7) is 1.72. The summed E-state index contributed by atoms with van der Waals surface area (Å²) in [5, 5.41) is 9.31. The minimum Gasteiger partial charge on any atom is -0.501 e. The number of hydrogen-bond donors (Lipinski definition) is 4. The molecule has 0 fully saturated rings. The van der Waals surface area contributed by atoms with E-state index in [2.05, 4.69) is 19.9 Å². The van der Waals surface area contributed by atoms with Crippen LogP contribution in [0.25, 0.3) is 11.5 Å². The standard InChI is InChI=1S/C9H9N5O3/c1-3-11-2-4(12-3)8-13-5(7(10)16)6(15)9(17)14-8/h2,15H,1H3,(H2,10,16)(H,11,12)(H,13,14,17). The topological polar surface area (TPSA) is 138 Å². The van der Waals surface area contributed by atoms with Gasteiger partial charge in [-0.25, -0.2) is 9.97 Å². The van der Waals surface area contributed by atoms with Crippen molar-refractivity contribution in [2.24, 2.45) is 5.73 Å². The molecule has 8 nitrogen and oxygen atoms in total. The van der Waals surface area contributed by atoms with Crippen molar-refractivity contribution in [3.05, 3.63) is 28.1 Å². The van der Waals surface area contributed by atoms with Crippen molar-refractivity contribution in [1.29, 1.82) is 0 Å². The van der Waals surface area contributed by atoms with Crippen LogP contribution in [0.1, 0.15) is 16.3 Å². The van der Waals surface area contributed by atoms with Gasteiger partial charge >= 0.3 is 0 Å². The van der Waals surface area contributed by atoms with E-state index in [4.69, 9.17) is 5.73 Å². The number of imidazole rings is 1. The first-order chi connectivity index (χ1) is 7.99. The molecule has 2 rings (SSSR count). The summed E-state index contributed by atoms with van der Waals surface area (Å²) in [4.78, 5) is 35.2. The number of aromatic amines is 2. The van der Waals surface area contributed by atoms with Gasteiger partial charge in [0, 0.05) is 0 Å². The van der Waals surface area contributed by atoms with Gasteiger partial charge in [0.15, 0.2) is 11.5 Å². The minimum atomic E-state index is -0.980. The molecule has 0 spiro atoms. The summed E-state index contributed by atoms with van der Waals surface area (Å²) in [6.07, 6.45) is 1.44. The van der Waals surface area contributed by atoms with Gasteiger partial charge in [0.05, 0.1) is 6.20 Å². The minimum absolute atomic E-state index is 0.0854. The second-order valence-electron chi connectivity index (χ2n) is 3.36. The molecular weight excluding hydrogens is 226 g/mol. The van der Waals surface area contributed by atoms with Crippen LogP contribution >= 0.6 is 0 Å². The molecule has 0 aromatic carbocycles. The van der Waals surface area contributed by atoms with Gasteiger partial charge in [-0.1, -0.05) is 0 Å². The monoisotopic (exact) mass is 235 g/mol. The molecule has 0 bridgehead atoms. The number of nitrogens with zero attached hydrogens (tertiary/aromatic N) is 2. The molecule has 0 aliphatic heterocycles. The third kappa shape index (κ3) is 1.87. The third-order valence-corrected chi connectivity index (χ3v) is 2.09. The van der Waals surface area contributed by atoms with Crippen LogP contribution in [0.5, 0.6) is 5.75 Å². The number of nitrogens with one attached hydrogen (secondary N) is 2. The van der Waals surface area contributed by atoms with Crippen LogP contribution in [-0.4, -0.2) is 30.9 Å². The van der Waals surface area contributed by atoms with Gasteiger partial charge < -0.3 is 20.8 Å². The number of rotatable bonds is 2. The highest BCUT2D eigenvalue weighted by Crippen LogP contribution is 2.14. The number of primary amides is 1. The highest BCUT2D eigenvalue weighted by atomic mass is 16.3. The maximum absolute atomic E-state index is 11.4. The summed E-state index contributed by atoms with van der Waals surface area (Å²) < 4.78 is 0. The van der Waals surface area contributed by atoms with E-state index in [1.807, 2.05) is 0 Å². The van der Waals surface area contributed by atoms with Crippen molar-refractivity contribution in [2.75, 3.05) is 0 Å². The second-order valence-corrected chi connectivity index (χ2v) is 3.36. The molecule has 0 aliphatic rings. The normalized spacial score (nSPS) is 10.4. The molecule has 0 unspecified atom stereocenters. The predicted octanol–water partition coefficient (Wildman–Crippen LogP) is -0.727. The van der Waals surface area contributed by atoms with Crippen molar-refractivity contribution in [3.63, 3.8) is 0 Å². The molecule has 2 aromatic heterocycles. The van der Waals surface area contributed by atoms with E-state index < -0.39 is 22.9 Å². The molecule has 0 radical (unpaired) electrons. The van der Waals surface area contributed by atoms with Gasteiger partial charge in [-0.2, -0.15) is 0 Å². The molecule has 0 aliphatic carbocycles.